The topological polar surface area (TPSA) is 120 Å². The molecule has 0 bridgehead atoms. The third-order valence-corrected chi connectivity index (χ3v) is 1.71. The predicted octanol–water partition coefficient (Wildman–Crippen LogP) is -3.23. The summed E-state index contributed by atoms with van der Waals surface area (Å²) in [6.07, 6.45) is 0. The SMILES string of the molecule is O=C([O-])c1cccc(C(=O)[O-])c1C(=O)[O-].[Cr+3]. The summed E-state index contributed by atoms with van der Waals surface area (Å²) in [4.78, 5) is 31.5. The summed E-state index contributed by atoms with van der Waals surface area (Å²) in [5, 5.41) is 31.5. The van der Waals surface area contributed by atoms with E-state index in [9.17, 15) is 29.7 Å². The molecule has 0 amide bonds. The van der Waals surface area contributed by atoms with Crippen molar-refractivity contribution in [3.63, 3.8) is 0 Å². The first-order chi connectivity index (χ1) is 6.95. The van der Waals surface area contributed by atoms with Gasteiger partial charge in [-0.3, -0.25) is 0 Å². The fraction of sp³-hybridized carbons (Fsp3) is 0. The van der Waals surface area contributed by atoms with Crippen molar-refractivity contribution in [1.82, 2.24) is 0 Å². The maximum atomic E-state index is 10.6. The molecule has 1 aromatic rings. The predicted molar refractivity (Wildman–Crippen MR) is 39.4 cm³/mol. The van der Waals surface area contributed by atoms with E-state index in [1.807, 2.05) is 0 Å². The van der Waals surface area contributed by atoms with E-state index in [-0.39, 0.29) is 17.4 Å². The molecule has 16 heavy (non-hydrogen) atoms. The summed E-state index contributed by atoms with van der Waals surface area (Å²) in [5.74, 6) is -5.50. The van der Waals surface area contributed by atoms with Gasteiger partial charge >= 0.3 is 17.4 Å². The largest absolute Gasteiger partial charge is 3.00 e. The third kappa shape index (κ3) is 2.60. The summed E-state index contributed by atoms with van der Waals surface area (Å²) in [6.45, 7) is 0. The first-order valence-corrected chi connectivity index (χ1v) is 3.72. The number of aromatic carboxylic acids is 3. The van der Waals surface area contributed by atoms with Gasteiger partial charge in [-0.2, -0.15) is 0 Å². The molecule has 0 spiro atoms. The van der Waals surface area contributed by atoms with Gasteiger partial charge < -0.3 is 29.7 Å². The molecule has 7 heteroatoms. The van der Waals surface area contributed by atoms with Crippen LogP contribution in [0.3, 0.4) is 0 Å². The van der Waals surface area contributed by atoms with Crippen LogP contribution in [0.4, 0.5) is 0 Å². The molecule has 0 atom stereocenters. The van der Waals surface area contributed by atoms with Crippen LogP contribution in [0.2, 0.25) is 0 Å². The molecule has 0 fully saturated rings. The molecule has 0 saturated heterocycles. The Bertz CT molecular complexity index is 421. The molecule has 0 N–H and O–H groups in total. The molecule has 1 radical (unpaired) electrons. The van der Waals surface area contributed by atoms with E-state index in [1.54, 1.807) is 0 Å². The van der Waals surface area contributed by atoms with Crippen molar-refractivity contribution >= 4 is 17.9 Å². The summed E-state index contributed by atoms with van der Waals surface area (Å²) < 4.78 is 0. The molecular formula is C9H3CrO6. The van der Waals surface area contributed by atoms with Crippen molar-refractivity contribution in [2.24, 2.45) is 0 Å². The van der Waals surface area contributed by atoms with E-state index in [0.717, 1.165) is 18.2 Å². The van der Waals surface area contributed by atoms with Gasteiger partial charge in [0.05, 0.1) is 17.9 Å². The summed E-state index contributed by atoms with van der Waals surface area (Å²) in [6, 6.07) is 2.89. The van der Waals surface area contributed by atoms with Crippen molar-refractivity contribution in [2.75, 3.05) is 0 Å². The molecule has 81 valence electrons. The van der Waals surface area contributed by atoms with Crippen molar-refractivity contribution in [3.05, 3.63) is 34.9 Å². The molecule has 6 nitrogen and oxygen atoms in total. The number of carboxylic acids is 3. The molecule has 0 heterocycles. The van der Waals surface area contributed by atoms with Gasteiger partial charge in [0.2, 0.25) is 0 Å². The van der Waals surface area contributed by atoms with Crippen molar-refractivity contribution in [2.45, 2.75) is 0 Å². The minimum Gasteiger partial charge on any atom is -0.545 e. The van der Waals surface area contributed by atoms with Gasteiger partial charge in [0.15, 0.2) is 0 Å². The third-order valence-electron chi connectivity index (χ3n) is 1.71. The minimum absolute atomic E-state index is 0. The monoisotopic (exact) mass is 259 g/mol. The normalized spacial score (nSPS) is 9.00. The van der Waals surface area contributed by atoms with Crippen LogP contribution in [0.15, 0.2) is 18.2 Å². The van der Waals surface area contributed by atoms with Gasteiger partial charge in [0.1, 0.15) is 0 Å². The Labute approximate surface area is 100 Å². The second kappa shape index (κ2) is 5.30. The van der Waals surface area contributed by atoms with Crippen molar-refractivity contribution < 1.29 is 47.1 Å². The number of hydrogen-bond acceptors (Lipinski definition) is 6. The molecule has 1 rings (SSSR count). The van der Waals surface area contributed by atoms with E-state index < -0.39 is 34.6 Å². The first kappa shape index (κ1) is 14.2. The number of rotatable bonds is 3. The molecule has 1 aromatic carbocycles. The van der Waals surface area contributed by atoms with Crippen molar-refractivity contribution in [1.29, 1.82) is 0 Å². The van der Waals surface area contributed by atoms with Crippen LogP contribution in [0, 0.1) is 0 Å². The number of benzene rings is 1. The van der Waals surface area contributed by atoms with Gasteiger partial charge in [-0.05, 0) is 0 Å². The van der Waals surface area contributed by atoms with E-state index in [2.05, 4.69) is 0 Å². The van der Waals surface area contributed by atoms with Gasteiger partial charge in [-0.1, -0.05) is 18.2 Å². The number of carbonyl (C=O) groups is 3. The van der Waals surface area contributed by atoms with Crippen LogP contribution in [0.5, 0.6) is 0 Å². The maximum Gasteiger partial charge on any atom is 3.00 e. The van der Waals surface area contributed by atoms with Crippen LogP contribution in [-0.2, 0) is 17.4 Å². The zero-order chi connectivity index (χ0) is 11.6. The summed E-state index contributed by atoms with van der Waals surface area (Å²) >= 11 is 0. The molecule has 0 unspecified atom stereocenters. The van der Waals surface area contributed by atoms with Crippen LogP contribution in [0.1, 0.15) is 31.1 Å². The van der Waals surface area contributed by atoms with Crippen LogP contribution >= 0.6 is 0 Å². The summed E-state index contributed by atoms with van der Waals surface area (Å²) in [5.41, 5.74) is -2.45. The Morgan fingerprint density at radius 2 is 1.19 bits per heavy atom. The van der Waals surface area contributed by atoms with E-state index in [0.29, 0.717) is 0 Å². The molecule has 0 aliphatic heterocycles. The average molecular weight is 259 g/mol. The standard InChI is InChI=1S/C9H6O6.Cr/c10-7(11)4-2-1-3-5(8(12)13)6(4)9(14)15;/h1-3H,(H,10,11)(H,12,13)(H,14,15);/q;+3/p-3. The van der Waals surface area contributed by atoms with Crippen LogP contribution in [0.25, 0.3) is 0 Å². The van der Waals surface area contributed by atoms with E-state index in [4.69, 9.17) is 0 Å². The zero-order valence-corrected chi connectivity index (χ0v) is 8.86. The molecule has 0 saturated carbocycles. The smallest absolute Gasteiger partial charge is 0.545 e. The Morgan fingerprint density at radius 3 is 1.44 bits per heavy atom. The number of hydrogen-bond donors (Lipinski definition) is 0. The van der Waals surface area contributed by atoms with Gasteiger partial charge in [0.25, 0.3) is 0 Å². The van der Waals surface area contributed by atoms with Crippen LogP contribution < -0.4 is 15.3 Å². The molecule has 0 aliphatic carbocycles. The molecular weight excluding hydrogens is 256 g/mol. The van der Waals surface area contributed by atoms with Gasteiger partial charge in [0, 0.05) is 16.7 Å². The second-order valence-corrected chi connectivity index (χ2v) is 2.59. The van der Waals surface area contributed by atoms with Gasteiger partial charge in [-0.25, -0.2) is 0 Å². The molecule has 0 aliphatic rings. The number of carbonyl (C=O) groups excluding carboxylic acids is 3. The second-order valence-electron chi connectivity index (χ2n) is 2.59. The minimum atomic E-state index is -1.91. The van der Waals surface area contributed by atoms with E-state index >= 15 is 0 Å². The van der Waals surface area contributed by atoms with Crippen LogP contribution in [-0.4, -0.2) is 17.9 Å². The van der Waals surface area contributed by atoms with Crippen molar-refractivity contribution in [3.8, 4) is 0 Å². The maximum absolute atomic E-state index is 10.6. The zero-order valence-electron chi connectivity index (χ0n) is 7.59. The van der Waals surface area contributed by atoms with Gasteiger partial charge in [-0.15, -0.1) is 0 Å². The number of carboxylic acid groups (broad SMARTS) is 3. The Hall–Kier alpha value is -1.84. The Kier molecular flexibility index (Phi) is 4.69. The first-order valence-electron chi connectivity index (χ1n) is 3.72. The fourth-order valence-corrected chi connectivity index (χ4v) is 1.11. The Balaban J connectivity index is 0.00000225. The quantitative estimate of drug-likeness (QED) is 0.562. The molecule has 0 aromatic heterocycles. The fourth-order valence-electron chi connectivity index (χ4n) is 1.11. The average Bonchev–Trinajstić information content (AvgIpc) is 2.16. The Morgan fingerprint density at radius 1 is 0.812 bits per heavy atom. The summed E-state index contributed by atoms with van der Waals surface area (Å²) in [7, 11) is 0. The van der Waals surface area contributed by atoms with E-state index in [1.165, 1.54) is 0 Å².